The van der Waals surface area contributed by atoms with Crippen molar-refractivity contribution in [2.24, 2.45) is 7.05 Å². The summed E-state index contributed by atoms with van der Waals surface area (Å²) in [6, 6.07) is 0. The molecule has 0 N–H and O–H groups in total. The van der Waals surface area contributed by atoms with E-state index in [1.165, 1.54) is 0 Å². The van der Waals surface area contributed by atoms with Crippen molar-refractivity contribution in [2.45, 2.75) is 5.03 Å². The van der Waals surface area contributed by atoms with Crippen molar-refractivity contribution in [1.29, 1.82) is 0 Å². The molecule has 0 saturated heterocycles. The number of aryl methyl sites for hydroxylation is 1. The Bertz CT molecular complexity index is 269. The van der Waals surface area contributed by atoms with Gasteiger partial charge in [-0.3, -0.25) is 8.89 Å². The SMILES string of the molecule is Cn1ncc(Br)c1S(=O)CCl. The highest BCUT2D eigenvalue weighted by molar-refractivity contribution is 9.10. The molecule has 0 saturated carbocycles. The Morgan fingerprint density at radius 1 is 1.91 bits per heavy atom. The molecule has 3 nitrogen and oxygen atoms in total. The van der Waals surface area contributed by atoms with Crippen molar-refractivity contribution in [3.05, 3.63) is 10.7 Å². The largest absolute Gasteiger partial charge is 0.258 e. The van der Waals surface area contributed by atoms with Gasteiger partial charge in [-0.25, -0.2) is 0 Å². The number of aromatic nitrogens is 2. The van der Waals surface area contributed by atoms with E-state index < -0.39 is 10.8 Å². The summed E-state index contributed by atoms with van der Waals surface area (Å²) >= 11 is 8.65. The van der Waals surface area contributed by atoms with Crippen molar-refractivity contribution in [3.63, 3.8) is 0 Å². The standard InChI is InChI=1S/C5H6BrClN2OS/c1-9-5(11(10)3-7)4(6)2-8-9/h2H,3H2,1H3. The van der Waals surface area contributed by atoms with Crippen LogP contribution in [0.1, 0.15) is 0 Å². The van der Waals surface area contributed by atoms with Crippen LogP contribution in [0.4, 0.5) is 0 Å². The van der Waals surface area contributed by atoms with E-state index in [0.717, 1.165) is 4.47 Å². The molecule has 11 heavy (non-hydrogen) atoms. The van der Waals surface area contributed by atoms with Gasteiger partial charge in [-0.15, -0.1) is 11.6 Å². The third-order valence-corrected chi connectivity index (χ3v) is 3.71. The molecule has 1 heterocycles. The second-order valence-corrected chi connectivity index (χ2v) is 4.68. The van der Waals surface area contributed by atoms with E-state index in [2.05, 4.69) is 21.0 Å². The fourth-order valence-electron chi connectivity index (χ4n) is 0.707. The summed E-state index contributed by atoms with van der Waals surface area (Å²) in [5.41, 5.74) is 0. The number of hydrogen-bond donors (Lipinski definition) is 0. The van der Waals surface area contributed by atoms with E-state index in [-0.39, 0.29) is 5.21 Å². The first-order valence-electron chi connectivity index (χ1n) is 2.78. The fraction of sp³-hybridized carbons (Fsp3) is 0.400. The average Bonchev–Trinajstić information content (AvgIpc) is 2.30. The molecule has 0 aliphatic carbocycles. The Balaban J connectivity index is 3.10. The van der Waals surface area contributed by atoms with Crippen molar-refractivity contribution in [3.8, 4) is 0 Å². The van der Waals surface area contributed by atoms with Crippen LogP contribution < -0.4 is 0 Å². The van der Waals surface area contributed by atoms with Crippen LogP contribution in [0.2, 0.25) is 0 Å². The van der Waals surface area contributed by atoms with Crippen molar-refractivity contribution >= 4 is 38.3 Å². The lowest BCUT2D eigenvalue weighted by molar-refractivity contribution is 0.653. The lowest BCUT2D eigenvalue weighted by Crippen LogP contribution is -2.02. The van der Waals surface area contributed by atoms with Gasteiger partial charge in [0.2, 0.25) is 0 Å². The number of nitrogens with zero attached hydrogens (tertiary/aromatic N) is 2. The molecule has 0 aromatic carbocycles. The van der Waals surface area contributed by atoms with Crippen LogP contribution in [0.3, 0.4) is 0 Å². The van der Waals surface area contributed by atoms with E-state index in [4.69, 9.17) is 11.6 Å². The minimum Gasteiger partial charge on any atom is -0.258 e. The van der Waals surface area contributed by atoms with E-state index in [1.54, 1.807) is 17.9 Å². The first-order valence-corrected chi connectivity index (χ1v) is 5.43. The molecule has 0 aliphatic heterocycles. The zero-order valence-corrected chi connectivity index (χ0v) is 8.91. The van der Waals surface area contributed by atoms with Crippen LogP contribution >= 0.6 is 27.5 Å². The third-order valence-electron chi connectivity index (χ3n) is 1.16. The molecule has 1 aromatic rings. The summed E-state index contributed by atoms with van der Waals surface area (Å²) < 4.78 is 13.5. The number of hydrogen-bond acceptors (Lipinski definition) is 2. The molecule has 0 bridgehead atoms. The second kappa shape index (κ2) is 3.69. The maximum Gasteiger partial charge on any atom is 0.140 e. The zero-order chi connectivity index (χ0) is 8.43. The van der Waals surface area contributed by atoms with E-state index in [0.29, 0.717) is 5.03 Å². The second-order valence-electron chi connectivity index (χ2n) is 1.88. The molecule has 1 aromatic heterocycles. The van der Waals surface area contributed by atoms with Gasteiger partial charge in [-0.1, -0.05) is 0 Å². The smallest absolute Gasteiger partial charge is 0.140 e. The van der Waals surface area contributed by atoms with Crippen molar-refractivity contribution in [1.82, 2.24) is 9.78 Å². The highest BCUT2D eigenvalue weighted by Gasteiger charge is 2.11. The lowest BCUT2D eigenvalue weighted by atomic mass is 10.7. The van der Waals surface area contributed by atoms with Crippen molar-refractivity contribution in [2.75, 3.05) is 5.21 Å². The zero-order valence-electron chi connectivity index (χ0n) is 5.75. The molecule has 0 aliphatic rings. The van der Waals surface area contributed by atoms with E-state index >= 15 is 0 Å². The van der Waals surface area contributed by atoms with Crippen LogP contribution in [0.25, 0.3) is 0 Å². The van der Waals surface area contributed by atoms with Gasteiger partial charge in [0.25, 0.3) is 0 Å². The Kier molecular flexibility index (Phi) is 3.09. The first-order chi connectivity index (χ1) is 5.16. The molecular formula is C5H6BrClN2OS. The molecular weight excluding hydrogens is 251 g/mol. The summed E-state index contributed by atoms with van der Waals surface area (Å²) in [4.78, 5) is 0. The third kappa shape index (κ3) is 1.83. The Hall–Kier alpha value is 0.130. The predicted molar refractivity (Wildman–Crippen MR) is 48.0 cm³/mol. The van der Waals surface area contributed by atoms with Gasteiger partial charge in [-0.2, -0.15) is 5.10 Å². The number of rotatable bonds is 2. The minimum atomic E-state index is -1.16. The summed E-state index contributed by atoms with van der Waals surface area (Å²) in [7, 11) is 0.563. The van der Waals surface area contributed by atoms with E-state index in [9.17, 15) is 4.21 Å². The van der Waals surface area contributed by atoms with Gasteiger partial charge >= 0.3 is 0 Å². The summed E-state index contributed by atoms with van der Waals surface area (Å²) in [6.45, 7) is 0. The maximum absolute atomic E-state index is 11.2. The first kappa shape index (κ1) is 9.22. The molecule has 0 radical (unpaired) electrons. The van der Waals surface area contributed by atoms with Crippen LogP contribution in [0, 0.1) is 0 Å². The van der Waals surface area contributed by atoms with Gasteiger partial charge < -0.3 is 0 Å². The summed E-state index contributed by atoms with van der Waals surface area (Å²) in [5.74, 6) is 0. The van der Waals surface area contributed by atoms with Crippen LogP contribution in [-0.2, 0) is 17.8 Å². The number of halogens is 2. The highest BCUT2D eigenvalue weighted by Crippen LogP contribution is 2.19. The Labute approximate surface area is 80.3 Å². The minimum absolute atomic E-state index is 0.0954. The molecule has 1 rings (SSSR count). The highest BCUT2D eigenvalue weighted by atomic mass is 79.9. The summed E-state index contributed by atoms with van der Waals surface area (Å²) in [6.07, 6.45) is 1.60. The molecule has 62 valence electrons. The fourth-order valence-corrected chi connectivity index (χ4v) is 2.62. The maximum atomic E-state index is 11.2. The van der Waals surface area contributed by atoms with Crippen LogP contribution in [-0.4, -0.2) is 19.2 Å². The Morgan fingerprint density at radius 2 is 2.55 bits per heavy atom. The number of alkyl halides is 1. The molecule has 1 unspecified atom stereocenters. The average molecular weight is 258 g/mol. The normalized spacial score (nSPS) is 13.4. The molecule has 0 amide bonds. The monoisotopic (exact) mass is 256 g/mol. The molecule has 1 atom stereocenters. The molecule has 6 heteroatoms. The summed E-state index contributed by atoms with van der Waals surface area (Å²) in [5, 5.41) is 4.62. The van der Waals surface area contributed by atoms with Crippen LogP contribution in [0.5, 0.6) is 0 Å². The van der Waals surface area contributed by atoms with Gasteiger partial charge in [0.1, 0.15) is 10.2 Å². The van der Waals surface area contributed by atoms with Gasteiger partial charge in [0, 0.05) is 7.05 Å². The van der Waals surface area contributed by atoms with Crippen LogP contribution in [0.15, 0.2) is 15.7 Å². The topological polar surface area (TPSA) is 34.9 Å². The van der Waals surface area contributed by atoms with Gasteiger partial charge in [0.15, 0.2) is 0 Å². The predicted octanol–water partition coefficient (Wildman–Crippen LogP) is 1.49. The lowest BCUT2D eigenvalue weighted by Gasteiger charge is -1.97. The quantitative estimate of drug-likeness (QED) is 0.753. The van der Waals surface area contributed by atoms with Crippen molar-refractivity contribution < 1.29 is 4.21 Å². The van der Waals surface area contributed by atoms with E-state index in [1.807, 2.05) is 0 Å². The molecule has 0 fully saturated rings. The van der Waals surface area contributed by atoms with Gasteiger partial charge in [-0.05, 0) is 15.9 Å². The molecule has 0 spiro atoms. The Morgan fingerprint density at radius 3 is 2.91 bits per heavy atom. The van der Waals surface area contributed by atoms with Gasteiger partial charge in [0.05, 0.1) is 21.5 Å².